The summed E-state index contributed by atoms with van der Waals surface area (Å²) >= 11 is 0. The van der Waals surface area contributed by atoms with Crippen molar-refractivity contribution in [2.75, 3.05) is 32.1 Å². The van der Waals surface area contributed by atoms with Gasteiger partial charge >= 0.3 is 0 Å². The van der Waals surface area contributed by atoms with Gasteiger partial charge in [-0.15, -0.1) is 0 Å². The molecule has 0 aliphatic carbocycles. The van der Waals surface area contributed by atoms with Crippen molar-refractivity contribution in [1.82, 2.24) is 10.2 Å². The number of rotatable bonds is 9. The second-order valence-electron chi connectivity index (χ2n) is 7.89. The van der Waals surface area contributed by atoms with Crippen LogP contribution in [0.5, 0.6) is 0 Å². The van der Waals surface area contributed by atoms with Gasteiger partial charge in [-0.1, -0.05) is 48.5 Å². The van der Waals surface area contributed by atoms with Gasteiger partial charge in [-0.2, -0.15) is 0 Å². The van der Waals surface area contributed by atoms with Crippen LogP contribution in [0.1, 0.15) is 21.5 Å². The van der Waals surface area contributed by atoms with Crippen molar-refractivity contribution < 1.29 is 14.0 Å². The average molecular weight is 434 g/mol. The highest BCUT2D eigenvalue weighted by molar-refractivity contribution is 6.06. The van der Waals surface area contributed by atoms with Crippen molar-refractivity contribution in [2.45, 2.75) is 13.0 Å². The van der Waals surface area contributed by atoms with Gasteiger partial charge in [0.2, 0.25) is 5.91 Å². The van der Waals surface area contributed by atoms with E-state index in [-0.39, 0.29) is 23.8 Å². The minimum absolute atomic E-state index is 0.0740. The second-order valence-corrected chi connectivity index (χ2v) is 7.89. The lowest BCUT2D eigenvalue weighted by atomic mass is 10.1. The Kier molecular flexibility index (Phi) is 8.11. The Bertz CT molecular complexity index is 1050. The van der Waals surface area contributed by atoms with E-state index in [1.807, 2.05) is 73.6 Å². The Hall–Kier alpha value is -3.51. The van der Waals surface area contributed by atoms with Gasteiger partial charge in [-0.25, -0.2) is 4.39 Å². The molecule has 0 atom stereocenters. The highest BCUT2D eigenvalue weighted by Crippen LogP contribution is 2.22. The van der Waals surface area contributed by atoms with Crippen molar-refractivity contribution in [3.63, 3.8) is 0 Å². The highest BCUT2D eigenvalue weighted by Gasteiger charge is 2.19. The molecule has 3 aromatic carbocycles. The quantitative estimate of drug-likeness (QED) is 0.557. The number of nitrogens with zero attached hydrogens (tertiary/aromatic N) is 2. The first kappa shape index (κ1) is 23.2. The summed E-state index contributed by atoms with van der Waals surface area (Å²) in [7, 11) is 3.90. The number of anilines is 1. The lowest BCUT2D eigenvalue weighted by Gasteiger charge is -2.24. The van der Waals surface area contributed by atoms with Gasteiger partial charge in [0.05, 0.1) is 13.0 Å². The number of likely N-dealkylation sites (N-methyl/N-ethyl adjacent to an activating group) is 1. The molecule has 6 heteroatoms. The Labute approximate surface area is 188 Å². The molecule has 0 bridgehead atoms. The molecule has 0 heterocycles. The summed E-state index contributed by atoms with van der Waals surface area (Å²) < 4.78 is 13.8. The summed E-state index contributed by atoms with van der Waals surface area (Å²) in [5.74, 6) is -0.838. The third-order valence-corrected chi connectivity index (χ3v) is 4.97. The van der Waals surface area contributed by atoms with Crippen molar-refractivity contribution in [1.29, 1.82) is 0 Å². The molecular weight excluding hydrogens is 405 g/mol. The van der Waals surface area contributed by atoms with E-state index < -0.39 is 5.82 Å². The summed E-state index contributed by atoms with van der Waals surface area (Å²) in [4.78, 5) is 29.2. The van der Waals surface area contributed by atoms with Crippen molar-refractivity contribution >= 4 is 17.5 Å². The molecule has 0 aliphatic rings. The third kappa shape index (κ3) is 6.75. The molecule has 0 unspecified atom stereocenters. The zero-order chi connectivity index (χ0) is 22.9. The number of carbonyl (C=O) groups excluding carboxylic acids is 2. The Morgan fingerprint density at radius 2 is 1.59 bits per heavy atom. The maximum Gasteiger partial charge on any atom is 0.258 e. The minimum atomic E-state index is -0.460. The number of benzene rings is 3. The normalized spacial score (nSPS) is 10.8. The summed E-state index contributed by atoms with van der Waals surface area (Å²) in [6.07, 6.45) is 0.217. The lowest BCUT2D eigenvalue weighted by molar-refractivity contribution is -0.120. The molecule has 0 fully saturated rings. The van der Waals surface area contributed by atoms with Crippen LogP contribution in [0.2, 0.25) is 0 Å². The van der Waals surface area contributed by atoms with Crippen molar-refractivity contribution in [3.8, 4) is 0 Å². The van der Waals surface area contributed by atoms with Crippen LogP contribution in [0.4, 0.5) is 10.1 Å². The maximum absolute atomic E-state index is 13.8. The summed E-state index contributed by atoms with van der Waals surface area (Å²) in [5.41, 5.74) is 2.67. The van der Waals surface area contributed by atoms with Gasteiger partial charge in [0.25, 0.3) is 5.91 Å². The molecule has 0 radical (unpaired) electrons. The molecule has 3 aromatic rings. The van der Waals surface area contributed by atoms with Crippen molar-refractivity contribution in [2.24, 2.45) is 0 Å². The monoisotopic (exact) mass is 433 g/mol. The van der Waals surface area contributed by atoms with E-state index in [2.05, 4.69) is 5.32 Å². The highest BCUT2D eigenvalue weighted by atomic mass is 19.1. The van der Waals surface area contributed by atoms with E-state index in [0.717, 1.165) is 17.7 Å². The molecule has 0 saturated heterocycles. The predicted molar refractivity (Wildman–Crippen MR) is 125 cm³/mol. The standard InChI is InChI=1S/C26H28FN3O2/c1-29(2)15-14-28-25(31)17-21-10-6-13-24(16-21)30(19-20-8-4-3-5-9-20)26(32)22-11-7-12-23(27)18-22/h3-13,16,18H,14-15,17,19H2,1-2H3,(H,28,31). The zero-order valence-corrected chi connectivity index (χ0v) is 18.4. The minimum Gasteiger partial charge on any atom is -0.355 e. The molecule has 166 valence electrons. The molecule has 0 aromatic heterocycles. The molecule has 1 N–H and O–H groups in total. The summed E-state index contributed by atoms with van der Waals surface area (Å²) in [5, 5.41) is 2.90. The van der Waals surface area contributed by atoms with Crippen LogP contribution in [-0.4, -0.2) is 43.9 Å². The molecule has 5 nitrogen and oxygen atoms in total. The largest absolute Gasteiger partial charge is 0.355 e. The summed E-state index contributed by atoms with van der Waals surface area (Å²) in [6.45, 7) is 1.66. The topological polar surface area (TPSA) is 52.7 Å². The molecule has 0 spiro atoms. The van der Waals surface area contributed by atoms with E-state index in [1.54, 1.807) is 11.0 Å². The predicted octanol–water partition coefficient (Wildman–Crippen LogP) is 3.89. The van der Waals surface area contributed by atoms with Gasteiger partial charge in [-0.3, -0.25) is 9.59 Å². The third-order valence-electron chi connectivity index (χ3n) is 4.97. The molecule has 3 rings (SSSR count). The molecule has 2 amide bonds. The molecular formula is C26H28FN3O2. The lowest BCUT2D eigenvalue weighted by Crippen LogP contribution is -2.32. The van der Waals surface area contributed by atoms with E-state index in [4.69, 9.17) is 0 Å². The van der Waals surface area contributed by atoms with Crippen molar-refractivity contribution in [3.05, 3.63) is 101 Å². The van der Waals surface area contributed by atoms with E-state index >= 15 is 0 Å². The van der Waals surface area contributed by atoms with Crippen LogP contribution >= 0.6 is 0 Å². The zero-order valence-electron chi connectivity index (χ0n) is 18.4. The smallest absolute Gasteiger partial charge is 0.258 e. The van der Waals surface area contributed by atoms with E-state index in [9.17, 15) is 14.0 Å². The Balaban J connectivity index is 1.83. The van der Waals surface area contributed by atoms with Crippen LogP contribution in [0.3, 0.4) is 0 Å². The van der Waals surface area contributed by atoms with E-state index in [0.29, 0.717) is 18.8 Å². The molecule has 0 aliphatic heterocycles. The summed E-state index contributed by atoms with van der Waals surface area (Å²) in [6, 6.07) is 22.7. The van der Waals surface area contributed by atoms with Crippen LogP contribution in [0.15, 0.2) is 78.9 Å². The van der Waals surface area contributed by atoms with Crippen LogP contribution in [0.25, 0.3) is 0 Å². The SMILES string of the molecule is CN(C)CCNC(=O)Cc1cccc(N(Cc2ccccc2)C(=O)c2cccc(F)c2)c1. The van der Waals surface area contributed by atoms with Crippen LogP contribution < -0.4 is 10.2 Å². The first-order chi connectivity index (χ1) is 15.4. The number of nitrogens with one attached hydrogen (secondary N) is 1. The fourth-order valence-electron chi connectivity index (χ4n) is 3.32. The number of hydrogen-bond donors (Lipinski definition) is 1. The fourth-order valence-corrected chi connectivity index (χ4v) is 3.32. The van der Waals surface area contributed by atoms with Crippen LogP contribution in [0, 0.1) is 5.82 Å². The van der Waals surface area contributed by atoms with E-state index in [1.165, 1.54) is 18.2 Å². The number of amides is 2. The number of halogens is 1. The van der Waals surface area contributed by atoms with Gasteiger partial charge in [0.15, 0.2) is 0 Å². The number of carbonyl (C=O) groups is 2. The maximum atomic E-state index is 13.8. The van der Waals surface area contributed by atoms with Gasteiger partial charge in [0, 0.05) is 24.3 Å². The van der Waals surface area contributed by atoms with Gasteiger partial charge in [0.1, 0.15) is 5.82 Å². The van der Waals surface area contributed by atoms with Gasteiger partial charge < -0.3 is 15.1 Å². The second kappa shape index (κ2) is 11.2. The van der Waals surface area contributed by atoms with Gasteiger partial charge in [-0.05, 0) is 55.6 Å². The fraction of sp³-hybridized carbons (Fsp3) is 0.231. The Morgan fingerprint density at radius 3 is 2.31 bits per heavy atom. The Morgan fingerprint density at radius 1 is 0.875 bits per heavy atom. The molecule has 32 heavy (non-hydrogen) atoms. The van der Waals surface area contributed by atoms with Crippen LogP contribution in [-0.2, 0) is 17.8 Å². The number of hydrogen-bond acceptors (Lipinski definition) is 3. The first-order valence-electron chi connectivity index (χ1n) is 10.5. The first-order valence-corrected chi connectivity index (χ1v) is 10.5. The molecule has 0 saturated carbocycles. The average Bonchev–Trinajstić information content (AvgIpc) is 2.77.